The van der Waals surface area contributed by atoms with Gasteiger partial charge >= 0.3 is 5.97 Å². The Morgan fingerprint density at radius 3 is 2.77 bits per heavy atom. The summed E-state index contributed by atoms with van der Waals surface area (Å²) in [5.74, 6) is -0.924. The number of carboxylic acids is 1. The van der Waals surface area contributed by atoms with Gasteiger partial charge in [0.05, 0.1) is 15.7 Å². The molecule has 0 atom stereocenters. The summed E-state index contributed by atoms with van der Waals surface area (Å²) in [6.45, 7) is 3.73. The summed E-state index contributed by atoms with van der Waals surface area (Å²) in [5.41, 5.74) is 1.80. The summed E-state index contributed by atoms with van der Waals surface area (Å²) in [7, 11) is 0. The van der Waals surface area contributed by atoms with Crippen molar-refractivity contribution in [3.63, 3.8) is 0 Å². The van der Waals surface area contributed by atoms with Crippen LogP contribution in [0.15, 0.2) is 10.5 Å². The van der Waals surface area contributed by atoms with Crippen LogP contribution in [-0.4, -0.2) is 16.1 Å². The molecule has 0 unspecified atom stereocenters. The number of nitrogens with zero attached hydrogens (tertiary/aromatic N) is 1. The summed E-state index contributed by atoms with van der Waals surface area (Å²) in [4.78, 5) is 15.0. The molecular weight excluding hydrogens is 234 g/mol. The van der Waals surface area contributed by atoms with Crippen LogP contribution >= 0.6 is 15.9 Å². The predicted octanol–water partition coefficient (Wildman–Crippen LogP) is 2.41. The zero-order valence-electron chi connectivity index (χ0n) is 7.47. The quantitative estimate of drug-likeness (QED) is 0.868. The maximum atomic E-state index is 10.8. The molecule has 0 saturated heterocycles. The summed E-state index contributed by atoms with van der Waals surface area (Å²) in [6, 6.07) is 1.56. The van der Waals surface area contributed by atoms with Gasteiger partial charge in [0.15, 0.2) is 0 Å². The summed E-state index contributed by atoms with van der Waals surface area (Å²) >= 11 is 3.23. The van der Waals surface area contributed by atoms with Crippen LogP contribution in [0.1, 0.15) is 28.7 Å². The van der Waals surface area contributed by atoms with Crippen LogP contribution in [0.2, 0.25) is 0 Å². The smallest absolute Gasteiger partial charge is 0.336 e. The van der Waals surface area contributed by atoms with E-state index in [1.54, 1.807) is 13.0 Å². The van der Waals surface area contributed by atoms with E-state index < -0.39 is 5.97 Å². The van der Waals surface area contributed by atoms with E-state index in [9.17, 15) is 4.79 Å². The number of pyridine rings is 1. The van der Waals surface area contributed by atoms with E-state index in [1.807, 2.05) is 6.92 Å². The summed E-state index contributed by atoms with van der Waals surface area (Å²) in [5, 5.41) is 8.85. The molecule has 0 aromatic carbocycles. The first-order valence-corrected chi connectivity index (χ1v) is 4.74. The molecule has 3 nitrogen and oxygen atoms in total. The number of rotatable bonds is 2. The number of carboxylic acid groups (broad SMARTS) is 1. The van der Waals surface area contributed by atoms with E-state index in [2.05, 4.69) is 20.9 Å². The second-order valence-electron chi connectivity index (χ2n) is 2.73. The van der Waals surface area contributed by atoms with E-state index in [0.717, 1.165) is 17.8 Å². The van der Waals surface area contributed by atoms with E-state index in [-0.39, 0.29) is 5.56 Å². The highest BCUT2D eigenvalue weighted by atomic mass is 79.9. The Labute approximate surface area is 84.9 Å². The molecule has 0 spiro atoms. The van der Waals surface area contributed by atoms with Crippen molar-refractivity contribution >= 4 is 21.9 Å². The minimum absolute atomic E-state index is 0.282. The van der Waals surface area contributed by atoms with E-state index >= 15 is 0 Å². The van der Waals surface area contributed by atoms with E-state index in [1.165, 1.54) is 0 Å². The Hall–Kier alpha value is -0.900. The average molecular weight is 244 g/mol. The molecule has 1 N–H and O–H groups in total. The Kier molecular flexibility index (Phi) is 3.03. The molecule has 0 aliphatic heterocycles. The third-order valence-electron chi connectivity index (χ3n) is 1.72. The van der Waals surface area contributed by atoms with E-state index in [0.29, 0.717) is 4.47 Å². The van der Waals surface area contributed by atoms with Gasteiger partial charge in [-0.3, -0.25) is 4.98 Å². The molecule has 0 aliphatic rings. The van der Waals surface area contributed by atoms with Gasteiger partial charge in [0.1, 0.15) is 0 Å². The Bertz CT molecular complexity index is 350. The van der Waals surface area contributed by atoms with Gasteiger partial charge in [0, 0.05) is 5.69 Å². The van der Waals surface area contributed by atoms with Crippen LogP contribution in [0.4, 0.5) is 0 Å². The second-order valence-corrected chi connectivity index (χ2v) is 3.52. The van der Waals surface area contributed by atoms with Gasteiger partial charge in [-0.1, -0.05) is 6.92 Å². The third kappa shape index (κ3) is 2.06. The molecule has 1 rings (SSSR count). The third-order valence-corrected chi connectivity index (χ3v) is 2.60. The Morgan fingerprint density at radius 1 is 1.69 bits per heavy atom. The minimum Gasteiger partial charge on any atom is -0.478 e. The molecule has 1 aromatic rings. The second kappa shape index (κ2) is 3.87. The van der Waals surface area contributed by atoms with Crippen molar-refractivity contribution in [3.05, 3.63) is 27.5 Å². The molecule has 0 amide bonds. The molecule has 1 aromatic heterocycles. The van der Waals surface area contributed by atoms with Gasteiger partial charge in [-0.15, -0.1) is 0 Å². The predicted molar refractivity (Wildman–Crippen MR) is 53.0 cm³/mol. The molecular formula is C9H10BrNO2. The normalized spacial score (nSPS) is 10.1. The van der Waals surface area contributed by atoms with Gasteiger partial charge in [-0.05, 0) is 35.3 Å². The van der Waals surface area contributed by atoms with Crippen molar-refractivity contribution in [3.8, 4) is 0 Å². The SMILES string of the molecule is CCc1nc(C)cc(C(=O)O)c1Br. The maximum absolute atomic E-state index is 10.8. The zero-order valence-corrected chi connectivity index (χ0v) is 9.05. The molecule has 0 saturated carbocycles. The highest BCUT2D eigenvalue weighted by Crippen LogP contribution is 2.21. The average Bonchev–Trinajstić information content (AvgIpc) is 2.08. The number of hydrogen-bond acceptors (Lipinski definition) is 2. The molecule has 0 aliphatic carbocycles. The van der Waals surface area contributed by atoms with E-state index in [4.69, 9.17) is 5.11 Å². The molecule has 4 heteroatoms. The Balaban J connectivity index is 3.35. The molecule has 0 bridgehead atoms. The number of aromatic carboxylic acids is 1. The molecule has 70 valence electrons. The Morgan fingerprint density at radius 2 is 2.31 bits per heavy atom. The van der Waals surface area contributed by atoms with Crippen molar-refractivity contribution < 1.29 is 9.90 Å². The highest BCUT2D eigenvalue weighted by molar-refractivity contribution is 9.10. The lowest BCUT2D eigenvalue weighted by molar-refractivity contribution is 0.0695. The monoisotopic (exact) mass is 243 g/mol. The van der Waals surface area contributed by atoms with Crippen LogP contribution in [0.3, 0.4) is 0 Å². The lowest BCUT2D eigenvalue weighted by Gasteiger charge is -2.05. The van der Waals surface area contributed by atoms with Gasteiger partial charge in [-0.25, -0.2) is 4.79 Å². The summed E-state index contributed by atoms with van der Waals surface area (Å²) < 4.78 is 0.591. The first-order valence-electron chi connectivity index (χ1n) is 3.95. The van der Waals surface area contributed by atoms with Crippen LogP contribution in [0, 0.1) is 6.92 Å². The van der Waals surface area contributed by atoms with Gasteiger partial charge in [-0.2, -0.15) is 0 Å². The van der Waals surface area contributed by atoms with Gasteiger partial charge in [0.2, 0.25) is 0 Å². The maximum Gasteiger partial charge on any atom is 0.336 e. The first-order chi connectivity index (χ1) is 6.06. The fourth-order valence-electron chi connectivity index (χ4n) is 1.11. The largest absolute Gasteiger partial charge is 0.478 e. The van der Waals surface area contributed by atoms with Gasteiger partial charge < -0.3 is 5.11 Å². The van der Waals surface area contributed by atoms with Crippen molar-refractivity contribution in [1.82, 2.24) is 4.98 Å². The zero-order chi connectivity index (χ0) is 10.0. The van der Waals surface area contributed by atoms with Crippen molar-refractivity contribution in [1.29, 1.82) is 0 Å². The number of aryl methyl sites for hydroxylation is 2. The summed E-state index contributed by atoms with van der Waals surface area (Å²) in [6.07, 6.45) is 0.725. The number of carbonyl (C=O) groups is 1. The van der Waals surface area contributed by atoms with Crippen LogP contribution in [0.5, 0.6) is 0 Å². The number of aromatic nitrogens is 1. The van der Waals surface area contributed by atoms with Crippen LogP contribution in [-0.2, 0) is 6.42 Å². The topological polar surface area (TPSA) is 50.2 Å². The number of halogens is 1. The molecule has 13 heavy (non-hydrogen) atoms. The fourth-order valence-corrected chi connectivity index (χ4v) is 1.76. The van der Waals surface area contributed by atoms with Crippen LogP contribution < -0.4 is 0 Å². The minimum atomic E-state index is -0.924. The van der Waals surface area contributed by atoms with Crippen molar-refractivity contribution in [2.75, 3.05) is 0 Å². The number of hydrogen-bond donors (Lipinski definition) is 1. The fraction of sp³-hybridized carbons (Fsp3) is 0.333. The standard InChI is InChI=1S/C9H10BrNO2/c1-3-7-8(10)6(9(12)13)4-5(2)11-7/h4H,3H2,1-2H3,(H,12,13). The van der Waals surface area contributed by atoms with Crippen molar-refractivity contribution in [2.45, 2.75) is 20.3 Å². The van der Waals surface area contributed by atoms with Crippen LogP contribution in [0.25, 0.3) is 0 Å². The lowest BCUT2D eigenvalue weighted by Crippen LogP contribution is -2.03. The lowest BCUT2D eigenvalue weighted by atomic mass is 10.2. The van der Waals surface area contributed by atoms with Crippen molar-refractivity contribution in [2.24, 2.45) is 0 Å². The first kappa shape index (κ1) is 10.2. The molecule has 0 radical (unpaired) electrons. The molecule has 1 heterocycles. The highest BCUT2D eigenvalue weighted by Gasteiger charge is 2.12. The van der Waals surface area contributed by atoms with Gasteiger partial charge in [0.25, 0.3) is 0 Å². The molecule has 0 fully saturated rings.